The average molecular weight is 646 g/mol. The third-order valence-corrected chi connectivity index (χ3v) is 8.81. The van der Waals surface area contributed by atoms with Gasteiger partial charge < -0.3 is 20.1 Å². The SMILES string of the molecule is CCOc1cc(C2C(C(=O)Nc3ccc(C)cc3C)=C(C)Nc3nc(SCc4ccccc4Cl)nn32)ccc1OCCC(C)C. The van der Waals surface area contributed by atoms with Crippen LogP contribution in [0, 0.1) is 19.8 Å². The number of fused-ring (bicyclic) bond motifs is 1. The van der Waals surface area contributed by atoms with Gasteiger partial charge in [-0.25, -0.2) is 4.68 Å². The highest BCUT2D eigenvalue weighted by molar-refractivity contribution is 7.98. The summed E-state index contributed by atoms with van der Waals surface area (Å²) in [6, 6.07) is 19.0. The summed E-state index contributed by atoms with van der Waals surface area (Å²) < 4.78 is 13.9. The van der Waals surface area contributed by atoms with Gasteiger partial charge in [0.25, 0.3) is 5.91 Å². The summed E-state index contributed by atoms with van der Waals surface area (Å²) in [4.78, 5) is 18.9. The molecule has 236 valence electrons. The van der Waals surface area contributed by atoms with Crippen LogP contribution in [0.2, 0.25) is 5.02 Å². The molecule has 1 unspecified atom stereocenters. The normalized spacial score (nSPS) is 14.3. The minimum atomic E-state index is -0.571. The van der Waals surface area contributed by atoms with Gasteiger partial charge in [-0.3, -0.25) is 4.79 Å². The molecule has 1 aliphatic rings. The van der Waals surface area contributed by atoms with E-state index in [0.29, 0.717) is 63.8 Å². The third-order valence-electron chi connectivity index (χ3n) is 7.56. The molecule has 0 radical (unpaired) electrons. The molecule has 0 saturated carbocycles. The van der Waals surface area contributed by atoms with E-state index in [1.54, 1.807) is 4.68 Å². The largest absolute Gasteiger partial charge is 0.490 e. The molecule has 10 heteroatoms. The van der Waals surface area contributed by atoms with Gasteiger partial charge in [0.2, 0.25) is 11.1 Å². The van der Waals surface area contributed by atoms with Crippen molar-refractivity contribution in [2.75, 3.05) is 23.8 Å². The molecule has 8 nitrogen and oxygen atoms in total. The van der Waals surface area contributed by atoms with Crippen LogP contribution in [0.5, 0.6) is 11.5 Å². The number of hydrogen-bond donors (Lipinski definition) is 2. The van der Waals surface area contributed by atoms with E-state index in [1.165, 1.54) is 11.8 Å². The zero-order valence-electron chi connectivity index (χ0n) is 26.6. The van der Waals surface area contributed by atoms with Gasteiger partial charge in [0.1, 0.15) is 6.04 Å². The van der Waals surface area contributed by atoms with Gasteiger partial charge in [0.05, 0.1) is 18.8 Å². The summed E-state index contributed by atoms with van der Waals surface area (Å²) >= 11 is 7.90. The number of aromatic nitrogens is 3. The molecule has 45 heavy (non-hydrogen) atoms. The van der Waals surface area contributed by atoms with Crippen molar-refractivity contribution in [3.05, 3.63) is 99.2 Å². The van der Waals surface area contributed by atoms with Crippen molar-refractivity contribution in [1.82, 2.24) is 14.8 Å². The van der Waals surface area contributed by atoms with Gasteiger partial charge in [-0.2, -0.15) is 4.98 Å². The first-order valence-corrected chi connectivity index (χ1v) is 16.6. The van der Waals surface area contributed by atoms with Gasteiger partial charge in [-0.05, 0) is 81.0 Å². The number of aryl methyl sites for hydroxylation is 2. The number of hydrogen-bond acceptors (Lipinski definition) is 7. The van der Waals surface area contributed by atoms with Crippen LogP contribution in [0.15, 0.2) is 77.1 Å². The fourth-order valence-electron chi connectivity index (χ4n) is 5.18. The van der Waals surface area contributed by atoms with E-state index in [9.17, 15) is 4.79 Å². The maximum atomic E-state index is 14.1. The van der Waals surface area contributed by atoms with Gasteiger partial charge in [0.15, 0.2) is 11.5 Å². The Morgan fingerprint density at radius 2 is 1.87 bits per heavy atom. The highest BCUT2D eigenvalue weighted by Gasteiger charge is 2.35. The van der Waals surface area contributed by atoms with E-state index in [4.69, 9.17) is 31.2 Å². The molecule has 0 saturated heterocycles. The number of nitrogens with zero attached hydrogens (tertiary/aromatic N) is 3. The predicted molar refractivity (Wildman–Crippen MR) is 183 cm³/mol. The van der Waals surface area contributed by atoms with Crippen LogP contribution in [0.25, 0.3) is 0 Å². The number of anilines is 2. The third kappa shape index (κ3) is 7.65. The maximum Gasteiger partial charge on any atom is 0.255 e. The maximum absolute atomic E-state index is 14.1. The summed E-state index contributed by atoms with van der Waals surface area (Å²) in [6.07, 6.45) is 0.934. The fourth-order valence-corrected chi connectivity index (χ4v) is 6.30. The lowest BCUT2D eigenvalue weighted by atomic mass is 9.94. The van der Waals surface area contributed by atoms with Crippen molar-refractivity contribution < 1.29 is 14.3 Å². The van der Waals surface area contributed by atoms with Crippen molar-refractivity contribution in [2.24, 2.45) is 5.92 Å². The number of carbonyl (C=O) groups is 1. The quantitative estimate of drug-likeness (QED) is 0.149. The van der Waals surface area contributed by atoms with Gasteiger partial charge in [-0.1, -0.05) is 79.2 Å². The number of allylic oxidation sites excluding steroid dienone is 1. The number of rotatable bonds is 12. The molecule has 1 aliphatic heterocycles. The minimum absolute atomic E-state index is 0.224. The van der Waals surface area contributed by atoms with Crippen molar-refractivity contribution in [2.45, 2.75) is 64.9 Å². The number of amides is 1. The van der Waals surface area contributed by atoms with E-state index in [2.05, 4.69) is 30.5 Å². The van der Waals surface area contributed by atoms with Crippen LogP contribution in [0.3, 0.4) is 0 Å². The van der Waals surface area contributed by atoms with Crippen molar-refractivity contribution in [3.8, 4) is 11.5 Å². The number of thioether (sulfide) groups is 1. The van der Waals surface area contributed by atoms with E-state index >= 15 is 0 Å². The molecular formula is C35H40ClN5O3S. The Labute approximate surface area is 274 Å². The first-order chi connectivity index (χ1) is 21.6. The lowest BCUT2D eigenvalue weighted by molar-refractivity contribution is -0.113. The standard InChI is InChI=1S/C35H40ClN5O3S/c1-7-43-30-19-25(13-15-29(30)44-17-16-21(2)3)32-31(33(42)38-28-14-12-22(4)18-23(28)5)24(6)37-34-39-35(40-41(32)34)45-20-26-10-8-9-11-27(26)36/h8-15,18-19,21,32H,7,16-17,20H2,1-6H3,(H,38,42)(H,37,39,40). The first kappa shape index (κ1) is 32.4. The molecule has 0 spiro atoms. The Kier molecular flexibility index (Phi) is 10.4. The summed E-state index contributed by atoms with van der Waals surface area (Å²) in [5, 5.41) is 12.7. The summed E-state index contributed by atoms with van der Waals surface area (Å²) in [6.45, 7) is 13.3. The summed E-state index contributed by atoms with van der Waals surface area (Å²) in [5.41, 5.74) is 5.93. The highest BCUT2D eigenvalue weighted by Crippen LogP contribution is 2.40. The summed E-state index contributed by atoms with van der Waals surface area (Å²) in [5.74, 6) is 2.76. The average Bonchev–Trinajstić information content (AvgIpc) is 3.40. The van der Waals surface area contributed by atoms with Crippen LogP contribution in [0.1, 0.15) is 62.4 Å². The Bertz CT molecular complexity index is 1720. The Hall–Kier alpha value is -3.95. The zero-order valence-corrected chi connectivity index (χ0v) is 28.2. The van der Waals surface area contributed by atoms with E-state index in [1.807, 2.05) is 82.3 Å². The van der Waals surface area contributed by atoms with Crippen molar-refractivity contribution in [3.63, 3.8) is 0 Å². The smallest absolute Gasteiger partial charge is 0.255 e. The second-order valence-electron chi connectivity index (χ2n) is 11.6. The second kappa shape index (κ2) is 14.4. The molecule has 2 heterocycles. The monoisotopic (exact) mass is 645 g/mol. The molecule has 2 N–H and O–H groups in total. The molecule has 1 aromatic heterocycles. The van der Waals surface area contributed by atoms with Gasteiger partial charge in [-0.15, -0.1) is 5.10 Å². The lowest BCUT2D eigenvalue weighted by Crippen LogP contribution is -2.31. The molecule has 5 rings (SSSR count). The second-order valence-corrected chi connectivity index (χ2v) is 12.9. The molecular weight excluding hydrogens is 606 g/mol. The number of benzene rings is 3. The van der Waals surface area contributed by atoms with E-state index < -0.39 is 6.04 Å². The van der Waals surface area contributed by atoms with Crippen LogP contribution in [-0.4, -0.2) is 33.9 Å². The molecule has 1 amide bonds. The predicted octanol–water partition coefficient (Wildman–Crippen LogP) is 8.59. The topological polar surface area (TPSA) is 90.3 Å². The van der Waals surface area contributed by atoms with Crippen molar-refractivity contribution in [1.29, 1.82) is 0 Å². The van der Waals surface area contributed by atoms with Crippen LogP contribution in [0.4, 0.5) is 11.6 Å². The van der Waals surface area contributed by atoms with Crippen LogP contribution >= 0.6 is 23.4 Å². The zero-order chi connectivity index (χ0) is 32.1. The molecule has 0 aliphatic carbocycles. The van der Waals surface area contributed by atoms with Gasteiger partial charge >= 0.3 is 0 Å². The lowest BCUT2D eigenvalue weighted by Gasteiger charge is -2.29. The molecule has 1 atom stereocenters. The fraction of sp³-hybridized carbons (Fsp3) is 0.343. The number of halogens is 1. The molecule has 0 fully saturated rings. The van der Waals surface area contributed by atoms with Crippen LogP contribution < -0.4 is 20.1 Å². The molecule has 3 aromatic carbocycles. The Morgan fingerprint density at radius 1 is 1.07 bits per heavy atom. The van der Waals surface area contributed by atoms with Crippen molar-refractivity contribution >= 4 is 40.9 Å². The number of carbonyl (C=O) groups excluding carboxylic acids is 1. The van der Waals surface area contributed by atoms with Crippen LogP contribution in [-0.2, 0) is 10.5 Å². The minimum Gasteiger partial charge on any atom is -0.490 e. The number of ether oxygens (including phenoxy) is 2. The first-order valence-electron chi connectivity index (χ1n) is 15.2. The molecule has 0 bridgehead atoms. The number of nitrogens with one attached hydrogen (secondary N) is 2. The Balaban J connectivity index is 1.53. The molecule has 4 aromatic rings. The highest BCUT2D eigenvalue weighted by atomic mass is 35.5. The Morgan fingerprint density at radius 3 is 2.60 bits per heavy atom. The van der Waals surface area contributed by atoms with E-state index in [0.717, 1.165) is 34.4 Å². The van der Waals surface area contributed by atoms with Gasteiger partial charge in [0, 0.05) is 22.2 Å². The summed E-state index contributed by atoms with van der Waals surface area (Å²) in [7, 11) is 0. The van der Waals surface area contributed by atoms with E-state index in [-0.39, 0.29) is 5.91 Å².